The predicted octanol–water partition coefficient (Wildman–Crippen LogP) is 1.34. The van der Waals surface area contributed by atoms with Crippen LogP contribution in [0.15, 0.2) is 18.2 Å². The molecule has 1 aromatic rings. The van der Waals surface area contributed by atoms with E-state index in [1.165, 1.54) is 18.2 Å². The first kappa shape index (κ1) is 17.2. The zero-order valence-electron chi connectivity index (χ0n) is 11.5. The number of carboxylic acids is 1. The van der Waals surface area contributed by atoms with Crippen LogP contribution in [0, 0.1) is 0 Å². The van der Waals surface area contributed by atoms with Gasteiger partial charge < -0.3 is 21.1 Å². The number of aromatic carboxylic acids is 1. The lowest BCUT2D eigenvalue weighted by Crippen LogP contribution is -2.32. The normalized spacial score (nSPS) is 11.6. The molecule has 0 bridgehead atoms. The summed E-state index contributed by atoms with van der Waals surface area (Å²) in [4.78, 5) is 12.3. The minimum Gasteiger partial charge on any atom is -0.507 e. The molecular weight excluding hydrogens is 248 g/mol. The molecule has 108 valence electrons. The van der Waals surface area contributed by atoms with Crippen LogP contribution in [-0.2, 0) is 0 Å². The fourth-order valence-electron chi connectivity index (χ4n) is 1.48. The molecule has 1 rings (SSSR count). The molecule has 0 aliphatic carbocycles. The summed E-state index contributed by atoms with van der Waals surface area (Å²) >= 11 is 0. The number of anilines is 1. The van der Waals surface area contributed by atoms with Crippen molar-refractivity contribution in [2.75, 3.05) is 18.8 Å². The number of aliphatic hydroxyl groups is 1. The van der Waals surface area contributed by atoms with Gasteiger partial charge in [0.25, 0.3) is 0 Å². The van der Waals surface area contributed by atoms with E-state index in [1.54, 1.807) is 6.92 Å². The van der Waals surface area contributed by atoms with Crippen LogP contribution in [-0.4, -0.2) is 45.5 Å². The van der Waals surface area contributed by atoms with Gasteiger partial charge in [0.1, 0.15) is 17.5 Å². The van der Waals surface area contributed by atoms with Crippen molar-refractivity contribution < 1.29 is 20.1 Å². The SMILES string of the molecule is CCN(CC)C(C)O.Nc1ccc(C(=O)O)c(O)c1. The van der Waals surface area contributed by atoms with Crippen LogP contribution in [0.5, 0.6) is 5.75 Å². The van der Waals surface area contributed by atoms with Crippen molar-refractivity contribution in [2.24, 2.45) is 0 Å². The van der Waals surface area contributed by atoms with Crippen LogP contribution in [0.1, 0.15) is 31.1 Å². The second kappa shape index (κ2) is 8.34. The van der Waals surface area contributed by atoms with Crippen molar-refractivity contribution in [3.8, 4) is 5.75 Å². The number of carbonyl (C=O) groups is 1. The molecular formula is C13H22N2O4. The van der Waals surface area contributed by atoms with Crippen LogP contribution in [0.2, 0.25) is 0 Å². The molecule has 0 spiro atoms. The number of hydrogen-bond acceptors (Lipinski definition) is 5. The minimum absolute atomic E-state index is 0.140. The van der Waals surface area contributed by atoms with E-state index in [2.05, 4.69) is 0 Å². The summed E-state index contributed by atoms with van der Waals surface area (Å²) in [6, 6.07) is 3.87. The number of benzene rings is 1. The van der Waals surface area contributed by atoms with E-state index >= 15 is 0 Å². The maximum atomic E-state index is 10.3. The fourth-order valence-corrected chi connectivity index (χ4v) is 1.48. The van der Waals surface area contributed by atoms with Crippen LogP contribution < -0.4 is 5.73 Å². The maximum Gasteiger partial charge on any atom is 0.339 e. The first-order chi connectivity index (χ1) is 8.83. The van der Waals surface area contributed by atoms with E-state index < -0.39 is 5.97 Å². The van der Waals surface area contributed by atoms with Crippen LogP contribution in [0.4, 0.5) is 5.69 Å². The number of phenols is 1. The summed E-state index contributed by atoms with van der Waals surface area (Å²) in [6.45, 7) is 7.71. The third kappa shape index (κ3) is 6.08. The number of nitrogens with two attached hydrogens (primary N) is 1. The van der Waals surface area contributed by atoms with E-state index in [4.69, 9.17) is 21.1 Å². The Hall–Kier alpha value is -1.79. The largest absolute Gasteiger partial charge is 0.507 e. The Morgan fingerprint density at radius 3 is 2.16 bits per heavy atom. The van der Waals surface area contributed by atoms with Crippen LogP contribution in [0.3, 0.4) is 0 Å². The summed E-state index contributed by atoms with van der Waals surface area (Å²) in [5.74, 6) is -1.47. The molecule has 0 aromatic heterocycles. The first-order valence-corrected chi connectivity index (χ1v) is 6.07. The number of hydrogen-bond donors (Lipinski definition) is 4. The molecule has 0 aliphatic rings. The summed E-state index contributed by atoms with van der Waals surface area (Å²) in [5, 5.41) is 26.4. The second-order valence-electron chi connectivity index (χ2n) is 3.93. The molecule has 0 saturated heterocycles. The van der Waals surface area contributed by atoms with Gasteiger partial charge in [0.05, 0.1) is 0 Å². The Bertz CT molecular complexity index is 404. The highest BCUT2D eigenvalue weighted by atomic mass is 16.4. The van der Waals surface area contributed by atoms with Crippen molar-refractivity contribution in [2.45, 2.75) is 27.0 Å². The van der Waals surface area contributed by atoms with Crippen molar-refractivity contribution in [3.63, 3.8) is 0 Å². The molecule has 0 radical (unpaired) electrons. The van der Waals surface area contributed by atoms with Gasteiger partial charge in [-0.1, -0.05) is 13.8 Å². The van der Waals surface area contributed by atoms with Gasteiger partial charge in [0, 0.05) is 11.8 Å². The van der Waals surface area contributed by atoms with Crippen molar-refractivity contribution in [3.05, 3.63) is 23.8 Å². The van der Waals surface area contributed by atoms with Gasteiger partial charge in [-0.2, -0.15) is 0 Å². The standard InChI is InChI=1S/C7H7NO3.C6H15NO/c8-4-1-2-5(7(10)11)6(9)3-4;1-4-7(5-2)6(3)8/h1-3,9H,8H2,(H,10,11);6,8H,4-5H2,1-3H3. The molecule has 5 N–H and O–H groups in total. The molecule has 6 nitrogen and oxygen atoms in total. The molecule has 1 atom stereocenters. The molecule has 0 saturated carbocycles. The molecule has 19 heavy (non-hydrogen) atoms. The number of nitrogens with zero attached hydrogens (tertiary/aromatic N) is 1. The highest BCUT2D eigenvalue weighted by molar-refractivity contribution is 5.91. The van der Waals surface area contributed by atoms with Crippen LogP contribution in [0.25, 0.3) is 0 Å². The lowest BCUT2D eigenvalue weighted by molar-refractivity contribution is 0.0265. The highest BCUT2D eigenvalue weighted by Crippen LogP contribution is 2.19. The van der Waals surface area contributed by atoms with Crippen molar-refractivity contribution in [1.29, 1.82) is 0 Å². The molecule has 0 heterocycles. The predicted molar refractivity (Wildman–Crippen MR) is 74.1 cm³/mol. The smallest absolute Gasteiger partial charge is 0.339 e. The third-order valence-corrected chi connectivity index (χ3v) is 2.59. The van der Waals surface area contributed by atoms with Crippen LogP contribution >= 0.6 is 0 Å². The Morgan fingerprint density at radius 2 is 1.89 bits per heavy atom. The molecule has 1 unspecified atom stereocenters. The van der Waals surface area contributed by atoms with E-state index in [0.717, 1.165) is 13.1 Å². The Labute approximate surface area is 113 Å². The van der Waals surface area contributed by atoms with E-state index in [0.29, 0.717) is 5.69 Å². The first-order valence-electron chi connectivity index (χ1n) is 6.07. The zero-order chi connectivity index (χ0) is 15.0. The Morgan fingerprint density at radius 1 is 1.37 bits per heavy atom. The number of rotatable bonds is 4. The average Bonchev–Trinajstić information content (AvgIpc) is 2.30. The molecule has 0 amide bonds. The summed E-state index contributed by atoms with van der Waals surface area (Å²) in [6.07, 6.45) is -0.287. The number of nitrogen functional groups attached to an aromatic ring is 1. The molecule has 1 aromatic carbocycles. The fraction of sp³-hybridized carbons (Fsp3) is 0.462. The topological polar surface area (TPSA) is 107 Å². The average molecular weight is 270 g/mol. The quantitative estimate of drug-likeness (QED) is 0.486. The summed E-state index contributed by atoms with van der Waals surface area (Å²) in [5.41, 5.74) is 5.48. The van der Waals surface area contributed by atoms with Gasteiger partial charge in [0.15, 0.2) is 0 Å². The van der Waals surface area contributed by atoms with E-state index in [1.807, 2.05) is 18.7 Å². The summed E-state index contributed by atoms with van der Waals surface area (Å²) < 4.78 is 0. The highest BCUT2D eigenvalue weighted by Gasteiger charge is 2.07. The number of carboxylic acid groups (broad SMARTS) is 1. The number of aliphatic hydroxyl groups excluding tert-OH is 1. The van der Waals surface area contributed by atoms with Gasteiger partial charge in [-0.3, -0.25) is 4.90 Å². The minimum atomic E-state index is -1.16. The maximum absolute atomic E-state index is 10.3. The Balaban J connectivity index is 0.000000362. The zero-order valence-corrected chi connectivity index (χ0v) is 11.5. The molecule has 0 fully saturated rings. The van der Waals surface area contributed by atoms with Gasteiger partial charge in [0.2, 0.25) is 0 Å². The van der Waals surface area contributed by atoms with Gasteiger partial charge in [-0.05, 0) is 32.1 Å². The van der Waals surface area contributed by atoms with E-state index in [-0.39, 0.29) is 17.5 Å². The van der Waals surface area contributed by atoms with Crippen molar-refractivity contribution in [1.82, 2.24) is 4.90 Å². The summed E-state index contributed by atoms with van der Waals surface area (Å²) in [7, 11) is 0. The lowest BCUT2D eigenvalue weighted by atomic mass is 10.2. The van der Waals surface area contributed by atoms with Gasteiger partial charge in [-0.25, -0.2) is 4.79 Å². The monoisotopic (exact) mass is 270 g/mol. The molecule has 0 aliphatic heterocycles. The number of aromatic hydroxyl groups is 1. The Kier molecular flexibility index (Phi) is 7.55. The van der Waals surface area contributed by atoms with E-state index in [9.17, 15) is 4.79 Å². The van der Waals surface area contributed by atoms with Crippen molar-refractivity contribution >= 4 is 11.7 Å². The lowest BCUT2D eigenvalue weighted by Gasteiger charge is -2.20. The van der Waals surface area contributed by atoms with Gasteiger partial charge >= 0.3 is 5.97 Å². The van der Waals surface area contributed by atoms with Gasteiger partial charge in [-0.15, -0.1) is 0 Å². The third-order valence-electron chi connectivity index (χ3n) is 2.59. The second-order valence-corrected chi connectivity index (χ2v) is 3.93. The molecule has 6 heteroatoms.